The summed E-state index contributed by atoms with van der Waals surface area (Å²) in [6.07, 6.45) is 0.192. The molecule has 28 heavy (non-hydrogen) atoms. The van der Waals surface area contributed by atoms with Crippen molar-refractivity contribution in [2.45, 2.75) is 19.0 Å². The van der Waals surface area contributed by atoms with Crippen molar-refractivity contribution in [2.75, 3.05) is 20.6 Å². The zero-order chi connectivity index (χ0) is 20.3. The van der Waals surface area contributed by atoms with Gasteiger partial charge in [0.05, 0.1) is 17.1 Å². The number of fused-ring (bicyclic) bond motifs is 1. The molecule has 3 rings (SSSR count). The van der Waals surface area contributed by atoms with E-state index in [0.717, 1.165) is 16.6 Å². The standard InChI is InChI=1S/C21H25FN4O2/c1-24(2)19(15-7-6-8-16(22)13-15)14-23-20(27)11-12-26-18-10-5-4-9-17(18)25(3)21(26)28/h4-10,13,19H,11-12,14H2,1-3H3,(H,23,27)/t19-/m1/s1. The average Bonchev–Trinajstić information content (AvgIpc) is 2.91. The molecule has 0 aliphatic carbocycles. The van der Waals surface area contributed by atoms with E-state index in [9.17, 15) is 14.0 Å². The van der Waals surface area contributed by atoms with Crippen LogP contribution in [0.25, 0.3) is 11.0 Å². The fraction of sp³-hybridized carbons (Fsp3) is 0.333. The Morgan fingerprint density at radius 2 is 1.86 bits per heavy atom. The third-order valence-corrected chi connectivity index (χ3v) is 4.96. The van der Waals surface area contributed by atoms with E-state index >= 15 is 0 Å². The van der Waals surface area contributed by atoms with Crippen LogP contribution in [0.3, 0.4) is 0 Å². The number of hydrogen-bond acceptors (Lipinski definition) is 3. The highest BCUT2D eigenvalue weighted by Gasteiger charge is 2.16. The first-order valence-corrected chi connectivity index (χ1v) is 9.21. The number of imidazole rings is 1. The molecular formula is C21H25FN4O2. The number of rotatable bonds is 7. The molecule has 0 fully saturated rings. The molecule has 0 radical (unpaired) electrons. The van der Waals surface area contributed by atoms with Crippen molar-refractivity contribution in [2.24, 2.45) is 7.05 Å². The Labute approximate surface area is 163 Å². The Kier molecular flexibility index (Phi) is 5.94. The molecular weight excluding hydrogens is 359 g/mol. The van der Waals surface area contributed by atoms with Crippen LogP contribution >= 0.6 is 0 Å². The highest BCUT2D eigenvalue weighted by atomic mass is 19.1. The largest absolute Gasteiger partial charge is 0.354 e. The van der Waals surface area contributed by atoms with E-state index in [4.69, 9.17) is 0 Å². The van der Waals surface area contributed by atoms with E-state index in [2.05, 4.69) is 5.32 Å². The summed E-state index contributed by atoms with van der Waals surface area (Å²) in [5.74, 6) is -0.450. The number of aromatic nitrogens is 2. The van der Waals surface area contributed by atoms with E-state index < -0.39 is 0 Å². The van der Waals surface area contributed by atoms with Crippen LogP contribution in [0.2, 0.25) is 0 Å². The van der Waals surface area contributed by atoms with E-state index in [-0.39, 0.29) is 29.9 Å². The van der Waals surface area contributed by atoms with Crippen molar-refractivity contribution >= 4 is 16.9 Å². The predicted octanol–water partition coefficient (Wildman–Crippen LogP) is 2.29. The molecule has 1 amide bonds. The van der Waals surface area contributed by atoms with Gasteiger partial charge in [-0.25, -0.2) is 9.18 Å². The Bertz CT molecular complexity index is 1040. The third kappa shape index (κ3) is 4.14. The number of likely N-dealkylation sites (N-methyl/N-ethyl adjacent to an activating group) is 1. The lowest BCUT2D eigenvalue weighted by molar-refractivity contribution is -0.121. The molecule has 0 spiro atoms. The van der Waals surface area contributed by atoms with Gasteiger partial charge in [-0.3, -0.25) is 13.9 Å². The zero-order valence-electron chi connectivity index (χ0n) is 16.4. The van der Waals surface area contributed by atoms with Crippen molar-refractivity contribution in [3.63, 3.8) is 0 Å². The van der Waals surface area contributed by atoms with Crippen molar-refractivity contribution in [1.29, 1.82) is 0 Å². The number of benzene rings is 2. The molecule has 7 heteroatoms. The summed E-state index contributed by atoms with van der Waals surface area (Å²) in [7, 11) is 5.50. The molecule has 1 N–H and O–H groups in total. The number of halogens is 1. The summed E-state index contributed by atoms with van der Waals surface area (Å²) in [5.41, 5.74) is 2.32. The van der Waals surface area contributed by atoms with Gasteiger partial charge >= 0.3 is 5.69 Å². The number of carbonyl (C=O) groups is 1. The first kappa shape index (κ1) is 19.8. The smallest absolute Gasteiger partial charge is 0.328 e. The number of aryl methyl sites for hydroxylation is 2. The fourth-order valence-corrected chi connectivity index (χ4v) is 3.40. The third-order valence-electron chi connectivity index (χ3n) is 4.96. The lowest BCUT2D eigenvalue weighted by Crippen LogP contribution is -2.35. The fourth-order valence-electron chi connectivity index (χ4n) is 3.40. The molecule has 1 atom stereocenters. The summed E-state index contributed by atoms with van der Waals surface area (Å²) < 4.78 is 16.7. The summed E-state index contributed by atoms with van der Waals surface area (Å²) in [5, 5.41) is 2.90. The molecule has 0 saturated heterocycles. The Morgan fingerprint density at radius 1 is 1.14 bits per heavy atom. The van der Waals surface area contributed by atoms with Crippen LogP contribution < -0.4 is 11.0 Å². The van der Waals surface area contributed by atoms with Crippen molar-refractivity contribution in [1.82, 2.24) is 19.4 Å². The normalized spacial score (nSPS) is 12.5. The molecule has 0 aliphatic heterocycles. The first-order valence-electron chi connectivity index (χ1n) is 9.21. The molecule has 3 aromatic rings. The molecule has 6 nitrogen and oxygen atoms in total. The monoisotopic (exact) mass is 384 g/mol. The van der Waals surface area contributed by atoms with Crippen LogP contribution in [-0.2, 0) is 18.4 Å². The van der Waals surface area contributed by atoms with E-state index in [1.54, 1.807) is 22.2 Å². The molecule has 0 bridgehead atoms. The number of nitrogens with one attached hydrogen (secondary N) is 1. The minimum Gasteiger partial charge on any atom is -0.354 e. The second-order valence-electron chi connectivity index (χ2n) is 7.07. The van der Waals surface area contributed by atoms with Gasteiger partial charge in [-0.15, -0.1) is 0 Å². The van der Waals surface area contributed by atoms with Gasteiger partial charge in [-0.2, -0.15) is 0 Å². The van der Waals surface area contributed by atoms with Gasteiger partial charge in [0.1, 0.15) is 5.82 Å². The maximum atomic E-state index is 13.5. The van der Waals surface area contributed by atoms with Gasteiger partial charge < -0.3 is 10.2 Å². The SMILES string of the molecule is CN(C)[C@H](CNC(=O)CCn1c(=O)n(C)c2ccccc21)c1cccc(F)c1. The minimum atomic E-state index is -0.300. The second-order valence-corrected chi connectivity index (χ2v) is 7.07. The Balaban J connectivity index is 1.65. The number of carbonyl (C=O) groups excluding carboxylic acids is 1. The summed E-state index contributed by atoms with van der Waals surface area (Å²) in [4.78, 5) is 26.7. The molecule has 0 saturated carbocycles. The van der Waals surface area contributed by atoms with Gasteiger partial charge in [0.25, 0.3) is 0 Å². The highest BCUT2D eigenvalue weighted by Crippen LogP contribution is 2.18. The molecule has 148 valence electrons. The minimum absolute atomic E-state index is 0.139. The van der Waals surface area contributed by atoms with Crippen LogP contribution in [-0.4, -0.2) is 40.6 Å². The van der Waals surface area contributed by atoms with Gasteiger partial charge in [0.15, 0.2) is 0 Å². The topological polar surface area (TPSA) is 59.3 Å². The predicted molar refractivity (Wildman–Crippen MR) is 108 cm³/mol. The van der Waals surface area contributed by atoms with Crippen LogP contribution in [0.1, 0.15) is 18.0 Å². The number of amides is 1. The zero-order valence-corrected chi connectivity index (χ0v) is 16.4. The number of para-hydroxylation sites is 2. The summed E-state index contributed by atoms with van der Waals surface area (Å²) >= 11 is 0. The lowest BCUT2D eigenvalue weighted by Gasteiger charge is -2.25. The van der Waals surface area contributed by atoms with Gasteiger partial charge in [0, 0.05) is 26.6 Å². The van der Waals surface area contributed by atoms with Crippen LogP contribution in [0.15, 0.2) is 53.3 Å². The Morgan fingerprint density at radius 3 is 2.54 bits per heavy atom. The molecule has 0 aliphatic rings. The molecule has 1 aromatic heterocycles. The highest BCUT2D eigenvalue weighted by molar-refractivity contribution is 5.78. The van der Waals surface area contributed by atoms with Crippen LogP contribution in [0.5, 0.6) is 0 Å². The van der Waals surface area contributed by atoms with E-state index in [1.165, 1.54) is 12.1 Å². The van der Waals surface area contributed by atoms with E-state index in [0.29, 0.717) is 13.1 Å². The van der Waals surface area contributed by atoms with Crippen molar-refractivity contribution in [3.8, 4) is 0 Å². The van der Waals surface area contributed by atoms with Gasteiger partial charge in [-0.05, 0) is 43.9 Å². The number of nitrogens with zero attached hydrogens (tertiary/aromatic N) is 3. The Hall–Kier alpha value is -2.93. The average molecular weight is 384 g/mol. The van der Waals surface area contributed by atoms with Gasteiger partial charge in [-0.1, -0.05) is 24.3 Å². The lowest BCUT2D eigenvalue weighted by atomic mass is 10.1. The molecule has 2 aromatic carbocycles. The number of hydrogen-bond donors (Lipinski definition) is 1. The maximum Gasteiger partial charge on any atom is 0.328 e. The summed E-state index contributed by atoms with van der Waals surface area (Å²) in [6, 6.07) is 13.8. The second kappa shape index (κ2) is 8.39. The molecule has 0 unspecified atom stereocenters. The van der Waals surface area contributed by atoms with Gasteiger partial charge in [0.2, 0.25) is 5.91 Å². The van der Waals surface area contributed by atoms with Crippen LogP contribution in [0, 0.1) is 5.82 Å². The van der Waals surface area contributed by atoms with Crippen molar-refractivity contribution in [3.05, 3.63) is 70.4 Å². The molecule has 1 heterocycles. The van der Waals surface area contributed by atoms with Crippen molar-refractivity contribution < 1.29 is 9.18 Å². The van der Waals surface area contributed by atoms with Crippen LogP contribution in [0.4, 0.5) is 4.39 Å². The quantitative estimate of drug-likeness (QED) is 0.680. The first-order chi connectivity index (χ1) is 13.4. The van der Waals surface area contributed by atoms with E-state index in [1.807, 2.05) is 49.3 Å². The maximum absolute atomic E-state index is 13.5. The summed E-state index contributed by atoms with van der Waals surface area (Å²) in [6.45, 7) is 0.665.